The molecule has 0 saturated heterocycles. The SMILES string of the molecule is CN/C(=C\C=N)c1ccc(CN)cc1. The molecule has 74 valence electrons. The molecule has 1 aromatic rings. The van der Waals surface area contributed by atoms with Crippen LogP contribution < -0.4 is 11.1 Å². The summed E-state index contributed by atoms with van der Waals surface area (Å²) in [5.41, 5.74) is 8.61. The Labute approximate surface area is 84.1 Å². The number of benzene rings is 1. The molecule has 0 aliphatic rings. The van der Waals surface area contributed by atoms with Gasteiger partial charge in [-0.2, -0.15) is 0 Å². The van der Waals surface area contributed by atoms with Crippen molar-refractivity contribution >= 4 is 11.9 Å². The number of hydrogen-bond donors (Lipinski definition) is 3. The van der Waals surface area contributed by atoms with Crippen molar-refractivity contribution in [3.63, 3.8) is 0 Å². The summed E-state index contributed by atoms with van der Waals surface area (Å²) in [5, 5.41) is 10.0. The van der Waals surface area contributed by atoms with Crippen molar-refractivity contribution in [2.75, 3.05) is 7.05 Å². The van der Waals surface area contributed by atoms with Gasteiger partial charge >= 0.3 is 0 Å². The van der Waals surface area contributed by atoms with Crippen molar-refractivity contribution < 1.29 is 0 Å². The quantitative estimate of drug-likeness (QED) is 0.626. The van der Waals surface area contributed by atoms with Gasteiger partial charge < -0.3 is 16.5 Å². The normalized spacial score (nSPS) is 11.1. The van der Waals surface area contributed by atoms with E-state index in [-0.39, 0.29) is 0 Å². The molecule has 4 N–H and O–H groups in total. The molecule has 0 spiro atoms. The zero-order valence-electron chi connectivity index (χ0n) is 8.25. The topological polar surface area (TPSA) is 61.9 Å². The Kier molecular flexibility index (Phi) is 3.88. The molecule has 0 aliphatic heterocycles. The first-order valence-corrected chi connectivity index (χ1v) is 4.49. The highest BCUT2D eigenvalue weighted by Gasteiger charge is 1.97. The molecule has 0 atom stereocenters. The molecule has 3 nitrogen and oxygen atoms in total. The van der Waals surface area contributed by atoms with Crippen LogP contribution in [0.4, 0.5) is 0 Å². The summed E-state index contributed by atoms with van der Waals surface area (Å²) in [6.45, 7) is 0.559. The lowest BCUT2D eigenvalue weighted by atomic mass is 10.1. The molecule has 3 heteroatoms. The maximum absolute atomic E-state index is 7.00. The van der Waals surface area contributed by atoms with Gasteiger partial charge in [-0.15, -0.1) is 0 Å². The fourth-order valence-electron chi connectivity index (χ4n) is 1.23. The second-order valence-electron chi connectivity index (χ2n) is 2.90. The Balaban J connectivity index is 2.95. The van der Waals surface area contributed by atoms with E-state index in [1.54, 1.807) is 6.08 Å². The molecule has 0 heterocycles. The maximum atomic E-state index is 7.00. The summed E-state index contributed by atoms with van der Waals surface area (Å²) < 4.78 is 0. The predicted molar refractivity (Wildman–Crippen MR) is 60.2 cm³/mol. The van der Waals surface area contributed by atoms with E-state index in [4.69, 9.17) is 11.1 Å². The summed E-state index contributed by atoms with van der Waals surface area (Å²) in [4.78, 5) is 0. The minimum absolute atomic E-state index is 0.559. The van der Waals surface area contributed by atoms with Gasteiger partial charge in [0.05, 0.1) is 0 Å². The summed E-state index contributed by atoms with van der Waals surface area (Å²) in [6.07, 6.45) is 2.99. The van der Waals surface area contributed by atoms with Gasteiger partial charge in [0.2, 0.25) is 0 Å². The summed E-state index contributed by atoms with van der Waals surface area (Å²) in [6, 6.07) is 7.97. The molecule has 0 aliphatic carbocycles. The molecule has 0 bridgehead atoms. The van der Waals surface area contributed by atoms with Crippen molar-refractivity contribution in [1.82, 2.24) is 5.32 Å². The minimum atomic E-state index is 0.559. The van der Waals surface area contributed by atoms with Crippen molar-refractivity contribution in [2.24, 2.45) is 5.73 Å². The Morgan fingerprint density at radius 3 is 2.50 bits per heavy atom. The largest absolute Gasteiger partial charge is 0.388 e. The van der Waals surface area contributed by atoms with E-state index in [0.29, 0.717) is 6.54 Å². The van der Waals surface area contributed by atoms with Gasteiger partial charge in [-0.1, -0.05) is 24.3 Å². The van der Waals surface area contributed by atoms with Crippen LogP contribution >= 0.6 is 0 Å². The first-order chi connectivity index (χ1) is 6.81. The highest BCUT2D eigenvalue weighted by atomic mass is 14.8. The van der Waals surface area contributed by atoms with Gasteiger partial charge in [0.15, 0.2) is 0 Å². The van der Waals surface area contributed by atoms with Crippen LogP contribution in [0.5, 0.6) is 0 Å². The van der Waals surface area contributed by atoms with E-state index >= 15 is 0 Å². The van der Waals surface area contributed by atoms with Crippen LogP contribution in [-0.4, -0.2) is 13.3 Å². The molecule has 0 amide bonds. The van der Waals surface area contributed by atoms with Crippen LogP contribution in [-0.2, 0) is 6.54 Å². The summed E-state index contributed by atoms with van der Waals surface area (Å²) in [7, 11) is 1.84. The zero-order chi connectivity index (χ0) is 10.4. The molecular formula is C11H15N3. The van der Waals surface area contributed by atoms with E-state index in [2.05, 4.69) is 5.32 Å². The Morgan fingerprint density at radius 1 is 1.43 bits per heavy atom. The fraction of sp³-hybridized carbons (Fsp3) is 0.182. The van der Waals surface area contributed by atoms with Crippen LogP contribution in [0.15, 0.2) is 30.3 Å². The molecular weight excluding hydrogens is 174 g/mol. The molecule has 0 saturated carbocycles. The van der Waals surface area contributed by atoms with Crippen molar-refractivity contribution in [3.05, 3.63) is 41.5 Å². The van der Waals surface area contributed by atoms with Gasteiger partial charge in [-0.25, -0.2) is 0 Å². The highest BCUT2D eigenvalue weighted by Crippen LogP contribution is 2.11. The smallest absolute Gasteiger partial charge is 0.0426 e. The monoisotopic (exact) mass is 189 g/mol. The van der Waals surface area contributed by atoms with E-state index in [0.717, 1.165) is 16.8 Å². The summed E-state index contributed by atoms with van der Waals surface area (Å²) >= 11 is 0. The third-order valence-corrected chi connectivity index (χ3v) is 2.02. The molecule has 0 aromatic heterocycles. The molecule has 1 rings (SSSR count). The third kappa shape index (κ3) is 2.44. The average molecular weight is 189 g/mol. The maximum Gasteiger partial charge on any atom is 0.0426 e. The van der Waals surface area contributed by atoms with Gasteiger partial charge in [-0.3, -0.25) is 0 Å². The van der Waals surface area contributed by atoms with Crippen molar-refractivity contribution in [3.8, 4) is 0 Å². The van der Waals surface area contributed by atoms with E-state index in [1.165, 1.54) is 6.21 Å². The molecule has 14 heavy (non-hydrogen) atoms. The standard InChI is InChI=1S/C11H15N3/c1-14-11(6-7-12)10-4-2-9(8-13)3-5-10/h2-7,12,14H,8,13H2,1H3/b11-6-,12-7?. The first kappa shape index (κ1) is 10.5. The number of nitrogens with two attached hydrogens (primary N) is 1. The van der Waals surface area contributed by atoms with Gasteiger partial charge in [0.25, 0.3) is 0 Å². The molecule has 0 radical (unpaired) electrons. The Bertz CT molecular complexity index is 325. The number of hydrogen-bond acceptors (Lipinski definition) is 3. The zero-order valence-corrected chi connectivity index (χ0v) is 8.25. The first-order valence-electron chi connectivity index (χ1n) is 4.49. The van der Waals surface area contributed by atoms with E-state index in [1.807, 2.05) is 31.3 Å². The lowest BCUT2D eigenvalue weighted by Crippen LogP contribution is -2.05. The van der Waals surface area contributed by atoms with Gasteiger partial charge in [0.1, 0.15) is 0 Å². The predicted octanol–water partition coefficient (Wildman–Crippen LogP) is 1.36. The number of allylic oxidation sites excluding steroid dienone is 1. The van der Waals surface area contributed by atoms with Gasteiger partial charge in [-0.05, 0) is 17.2 Å². The third-order valence-electron chi connectivity index (χ3n) is 2.02. The lowest BCUT2D eigenvalue weighted by molar-refractivity contribution is 1.07. The minimum Gasteiger partial charge on any atom is -0.388 e. The van der Waals surface area contributed by atoms with Crippen LogP contribution in [0.25, 0.3) is 5.70 Å². The second-order valence-corrected chi connectivity index (χ2v) is 2.90. The van der Waals surface area contributed by atoms with Crippen LogP contribution in [0.1, 0.15) is 11.1 Å². The fourth-order valence-corrected chi connectivity index (χ4v) is 1.23. The highest BCUT2D eigenvalue weighted by molar-refractivity contribution is 5.82. The lowest BCUT2D eigenvalue weighted by Gasteiger charge is -2.06. The van der Waals surface area contributed by atoms with Gasteiger partial charge in [0, 0.05) is 25.5 Å². The van der Waals surface area contributed by atoms with Crippen LogP contribution in [0.2, 0.25) is 0 Å². The second kappa shape index (κ2) is 5.19. The molecule has 1 aromatic carbocycles. The van der Waals surface area contributed by atoms with E-state index in [9.17, 15) is 0 Å². The molecule has 0 fully saturated rings. The van der Waals surface area contributed by atoms with Crippen LogP contribution in [0.3, 0.4) is 0 Å². The van der Waals surface area contributed by atoms with E-state index < -0.39 is 0 Å². The van der Waals surface area contributed by atoms with Crippen molar-refractivity contribution in [2.45, 2.75) is 6.54 Å². The number of nitrogens with one attached hydrogen (secondary N) is 2. The van der Waals surface area contributed by atoms with Crippen molar-refractivity contribution in [1.29, 1.82) is 5.41 Å². The van der Waals surface area contributed by atoms with Crippen LogP contribution in [0, 0.1) is 5.41 Å². The Hall–Kier alpha value is -1.61. The average Bonchev–Trinajstić information content (AvgIpc) is 2.26. The summed E-state index contributed by atoms with van der Waals surface area (Å²) in [5.74, 6) is 0. The Morgan fingerprint density at radius 2 is 2.07 bits per heavy atom. The molecule has 0 unspecified atom stereocenters. The number of rotatable bonds is 4.